The Bertz CT molecular complexity index is 791. The standard InChI is InChI=1S/C26H40N4O4/c1-21-25(29-17-15-27(16-18-29)12-6-9-24(31)33-2)34-26(32)30(21)20-23-10-13-28(14-11-23)19-22-7-4-3-5-8-22/h3-5,7-8,21,23,25H,6,9-20H2,1-2H3. The number of hydrogen-bond donors (Lipinski definition) is 0. The Morgan fingerprint density at radius 1 is 1.03 bits per heavy atom. The molecular weight excluding hydrogens is 432 g/mol. The third-order valence-corrected chi connectivity index (χ3v) is 7.62. The lowest BCUT2D eigenvalue weighted by Gasteiger charge is -2.38. The van der Waals surface area contributed by atoms with Gasteiger partial charge < -0.3 is 19.3 Å². The first-order valence-electron chi connectivity index (χ1n) is 12.8. The maximum atomic E-state index is 12.7. The van der Waals surface area contributed by atoms with Gasteiger partial charge in [-0.25, -0.2) is 4.79 Å². The zero-order valence-electron chi connectivity index (χ0n) is 20.7. The van der Waals surface area contributed by atoms with E-state index in [0.29, 0.717) is 12.3 Å². The van der Waals surface area contributed by atoms with Crippen LogP contribution < -0.4 is 0 Å². The summed E-state index contributed by atoms with van der Waals surface area (Å²) >= 11 is 0. The summed E-state index contributed by atoms with van der Waals surface area (Å²) in [6, 6.07) is 10.7. The largest absolute Gasteiger partial charge is 0.469 e. The van der Waals surface area contributed by atoms with Crippen LogP contribution in [-0.2, 0) is 20.8 Å². The fraction of sp³-hybridized carbons (Fsp3) is 0.692. The molecule has 0 saturated carbocycles. The molecule has 2 unspecified atom stereocenters. The van der Waals surface area contributed by atoms with Crippen LogP contribution in [0.2, 0.25) is 0 Å². The molecule has 3 aliphatic heterocycles. The molecule has 1 aromatic carbocycles. The third-order valence-electron chi connectivity index (χ3n) is 7.62. The van der Waals surface area contributed by atoms with E-state index in [0.717, 1.165) is 78.2 Å². The van der Waals surface area contributed by atoms with Crippen molar-refractivity contribution in [2.24, 2.45) is 5.92 Å². The molecule has 0 bridgehead atoms. The maximum Gasteiger partial charge on any atom is 0.411 e. The van der Waals surface area contributed by atoms with Crippen molar-refractivity contribution in [2.75, 3.05) is 59.5 Å². The maximum absolute atomic E-state index is 12.7. The summed E-state index contributed by atoms with van der Waals surface area (Å²) in [5.74, 6) is 0.389. The molecule has 3 fully saturated rings. The highest BCUT2D eigenvalue weighted by atomic mass is 16.6. The molecule has 3 heterocycles. The summed E-state index contributed by atoms with van der Waals surface area (Å²) in [7, 11) is 1.43. The van der Waals surface area contributed by atoms with Crippen LogP contribution in [0.3, 0.4) is 0 Å². The van der Waals surface area contributed by atoms with E-state index in [9.17, 15) is 9.59 Å². The van der Waals surface area contributed by atoms with Crippen molar-refractivity contribution in [2.45, 2.75) is 51.4 Å². The van der Waals surface area contributed by atoms with Crippen molar-refractivity contribution < 1.29 is 19.1 Å². The number of amides is 1. The Morgan fingerprint density at radius 3 is 2.41 bits per heavy atom. The van der Waals surface area contributed by atoms with Crippen LogP contribution in [0.5, 0.6) is 0 Å². The lowest BCUT2D eigenvalue weighted by atomic mass is 9.95. The zero-order chi connectivity index (χ0) is 23.9. The van der Waals surface area contributed by atoms with Gasteiger partial charge in [0.2, 0.25) is 0 Å². The average molecular weight is 473 g/mol. The number of piperazine rings is 1. The Labute approximate surface area is 203 Å². The summed E-state index contributed by atoms with van der Waals surface area (Å²) in [6.45, 7) is 10.6. The number of hydrogen-bond acceptors (Lipinski definition) is 7. The fourth-order valence-corrected chi connectivity index (χ4v) is 5.45. The molecule has 0 aliphatic carbocycles. The van der Waals surface area contributed by atoms with Crippen molar-refractivity contribution in [1.29, 1.82) is 0 Å². The van der Waals surface area contributed by atoms with Crippen molar-refractivity contribution >= 4 is 12.1 Å². The van der Waals surface area contributed by atoms with E-state index in [4.69, 9.17) is 9.47 Å². The number of piperidine rings is 1. The number of esters is 1. The third kappa shape index (κ3) is 6.49. The summed E-state index contributed by atoms with van der Waals surface area (Å²) in [6.07, 6.45) is 3.21. The molecule has 8 heteroatoms. The monoisotopic (exact) mass is 472 g/mol. The summed E-state index contributed by atoms with van der Waals surface area (Å²) < 4.78 is 10.6. The number of carbonyl (C=O) groups excluding carboxylic acids is 2. The summed E-state index contributed by atoms with van der Waals surface area (Å²) in [5.41, 5.74) is 1.36. The minimum Gasteiger partial charge on any atom is -0.469 e. The number of carbonyl (C=O) groups is 2. The lowest BCUT2D eigenvalue weighted by molar-refractivity contribution is -0.140. The molecule has 3 saturated heterocycles. The summed E-state index contributed by atoms with van der Waals surface area (Å²) in [4.78, 5) is 33.2. The van der Waals surface area contributed by atoms with Crippen LogP contribution in [-0.4, -0.2) is 103 Å². The SMILES string of the molecule is COC(=O)CCCN1CCN(C2OC(=O)N(CC3CCN(Cc4ccccc4)CC3)C2C)CC1. The Morgan fingerprint density at radius 2 is 1.74 bits per heavy atom. The second-order valence-electron chi connectivity index (χ2n) is 9.93. The minimum absolute atomic E-state index is 0.0701. The number of methoxy groups -OCH3 is 1. The Hall–Kier alpha value is -2.16. The first-order chi connectivity index (χ1) is 16.5. The van der Waals surface area contributed by atoms with E-state index in [2.05, 4.69) is 52.0 Å². The van der Waals surface area contributed by atoms with Gasteiger partial charge in [-0.15, -0.1) is 0 Å². The van der Waals surface area contributed by atoms with Gasteiger partial charge in [0, 0.05) is 45.7 Å². The molecule has 0 spiro atoms. The van der Waals surface area contributed by atoms with E-state index >= 15 is 0 Å². The number of cyclic esters (lactones) is 1. The fourth-order valence-electron chi connectivity index (χ4n) is 5.45. The molecular formula is C26H40N4O4. The molecule has 0 aromatic heterocycles. The minimum atomic E-state index is -0.164. The number of ether oxygens (including phenoxy) is 2. The lowest BCUT2D eigenvalue weighted by Crippen LogP contribution is -2.54. The normalized spacial score (nSPS) is 25.5. The van der Waals surface area contributed by atoms with Crippen molar-refractivity contribution in [3.05, 3.63) is 35.9 Å². The van der Waals surface area contributed by atoms with E-state index in [-0.39, 0.29) is 24.3 Å². The quantitative estimate of drug-likeness (QED) is 0.512. The molecule has 34 heavy (non-hydrogen) atoms. The Balaban J connectivity index is 1.18. The molecule has 0 radical (unpaired) electrons. The van der Waals surface area contributed by atoms with Crippen LogP contribution in [0.25, 0.3) is 0 Å². The number of benzene rings is 1. The number of rotatable bonds is 9. The molecule has 3 aliphatic rings. The molecule has 2 atom stereocenters. The first kappa shape index (κ1) is 24.9. The predicted molar refractivity (Wildman–Crippen MR) is 130 cm³/mol. The number of nitrogens with zero attached hydrogens (tertiary/aromatic N) is 4. The van der Waals surface area contributed by atoms with Crippen LogP contribution in [0.4, 0.5) is 4.79 Å². The van der Waals surface area contributed by atoms with E-state index in [1.54, 1.807) is 0 Å². The molecule has 188 valence electrons. The van der Waals surface area contributed by atoms with Crippen molar-refractivity contribution in [3.8, 4) is 0 Å². The van der Waals surface area contributed by atoms with Gasteiger partial charge in [0.05, 0.1) is 13.2 Å². The highest BCUT2D eigenvalue weighted by Crippen LogP contribution is 2.28. The van der Waals surface area contributed by atoms with Gasteiger partial charge in [-0.1, -0.05) is 30.3 Å². The topological polar surface area (TPSA) is 65.6 Å². The van der Waals surface area contributed by atoms with Crippen LogP contribution in [0.1, 0.15) is 38.2 Å². The van der Waals surface area contributed by atoms with Gasteiger partial charge in [0.25, 0.3) is 0 Å². The Kier molecular flexibility index (Phi) is 8.80. The van der Waals surface area contributed by atoms with Crippen LogP contribution >= 0.6 is 0 Å². The molecule has 1 aromatic rings. The van der Waals surface area contributed by atoms with Gasteiger partial charge in [0.15, 0.2) is 6.23 Å². The van der Waals surface area contributed by atoms with E-state index < -0.39 is 0 Å². The molecule has 8 nitrogen and oxygen atoms in total. The van der Waals surface area contributed by atoms with Crippen molar-refractivity contribution in [1.82, 2.24) is 19.6 Å². The first-order valence-corrected chi connectivity index (χ1v) is 12.8. The van der Waals surface area contributed by atoms with Gasteiger partial charge >= 0.3 is 12.1 Å². The highest BCUT2D eigenvalue weighted by molar-refractivity contribution is 5.70. The number of likely N-dealkylation sites (tertiary alicyclic amines) is 1. The van der Waals surface area contributed by atoms with Gasteiger partial charge in [-0.2, -0.15) is 0 Å². The average Bonchev–Trinajstić information content (AvgIpc) is 3.14. The highest BCUT2D eigenvalue weighted by Gasteiger charge is 2.43. The van der Waals surface area contributed by atoms with E-state index in [1.807, 2.05) is 4.90 Å². The van der Waals surface area contributed by atoms with Crippen LogP contribution in [0, 0.1) is 5.92 Å². The zero-order valence-corrected chi connectivity index (χ0v) is 20.7. The molecule has 1 amide bonds. The molecule has 0 N–H and O–H groups in total. The van der Waals surface area contributed by atoms with Gasteiger partial charge in [0.1, 0.15) is 0 Å². The molecule has 4 rings (SSSR count). The predicted octanol–water partition coefficient (Wildman–Crippen LogP) is 2.64. The van der Waals surface area contributed by atoms with Crippen LogP contribution in [0.15, 0.2) is 30.3 Å². The van der Waals surface area contributed by atoms with Crippen molar-refractivity contribution in [3.63, 3.8) is 0 Å². The van der Waals surface area contributed by atoms with E-state index in [1.165, 1.54) is 12.7 Å². The van der Waals surface area contributed by atoms with Gasteiger partial charge in [-0.3, -0.25) is 14.6 Å². The second kappa shape index (κ2) is 12.0. The smallest absolute Gasteiger partial charge is 0.411 e. The summed E-state index contributed by atoms with van der Waals surface area (Å²) in [5, 5.41) is 0. The van der Waals surface area contributed by atoms with Gasteiger partial charge in [-0.05, 0) is 57.3 Å². The second-order valence-corrected chi connectivity index (χ2v) is 9.93.